The molecule has 92 valence electrons. The number of rotatable bonds is 4. The van der Waals surface area contributed by atoms with Crippen LogP contribution >= 0.6 is 0 Å². The number of hydrogen-bond acceptors (Lipinski definition) is 3. The number of nitrogens with one attached hydrogen (secondary N) is 1. The van der Waals surface area contributed by atoms with Gasteiger partial charge in [-0.2, -0.15) is 0 Å². The highest BCUT2D eigenvalue weighted by Gasteiger charge is 2.38. The van der Waals surface area contributed by atoms with Crippen LogP contribution in [-0.2, 0) is 4.79 Å². The SMILES string of the molecule is CNC(=O)CCCN1C2CCC1CC(N)C2. The molecule has 0 spiro atoms. The molecule has 3 N–H and O–H groups in total. The average Bonchev–Trinajstić information content (AvgIpc) is 2.51. The van der Waals surface area contributed by atoms with E-state index in [1.165, 1.54) is 12.8 Å². The van der Waals surface area contributed by atoms with Crippen LogP contribution in [0.5, 0.6) is 0 Å². The van der Waals surface area contributed by atoms with Crippen LogP contribution < -0.4 is 11.1 Å². The molecular formula is C12H23N3O. The number of carbonyl (C=O) groups is 1. The fraction of sp³-hybridized carbons (Fsp3) is 0.917. The van der Waals surface area contributed by atoms with Crippen LogP contribution in [-0.4, -0.2) is 42.5 Å². The first-order chi connectivity index (χ1) is 7.70. The van der Waals surface area contributed by atoms with Crippen LogP contribution in [0, 0.1) is 0 Å². The maximum Gasteiger partial charge on any atom is 0.219 e. The molecule has 0 aromatic carbocycles. The third-order valence-electron chi connectivity index (χ3n) is 4.02. The van der Waals surface area contributed by atoms with Gasteiger partial charge in [0.2, 0.25) is 5.91 Å². The number of piperidine rings is 1. The highest BCUT2D eigenvalue weighted by Crippen LogP contribution is 2.34. The molecule has 2 rings (SSSR count). The molecule has 2 aliphatic heterocycles. The topological polar surface area (TPSA) is 58.4 Å². The van der Waals surface area contributed by atoms with Crippen molar-refractivity contribution in [2.75, 3.05) is 13.6 Å². The highest BCUT2D eigenvalue weighted by molar-refractivity contribution is 5.75. The minimum absolute atomic E-state index is 0.154. The summed E-state index contributed by atoms with van der Waals surface area (Å²) in [5, 5.41) is 2.67. The second-order valence-corrected chi connectivity index (χ2v) is 5.13. The normalized spacial score (nSPS) is 34.0. The Balaban J connectivity index is 1.76. The lowest BCUT2D eigenvalue weighted by atomic mass is 9.98. The van der Waals surface area contributed by atoms with E-state index in [1.54, 1.807) is 7.05 Å². The van der Waals surface area contributed by atoms with E-state index < -0.39 is 0 Å². The lowest BCUT2D eigenvalue weighted by Gasteiger charge is -2.37. The fourth-order valence-corrected chi connectivity index (χ4v) is 3.23. The number of amides is 1. The molecule has 4 nitrogen and oxygen atoms in total. The minimum atomic E-state index is 0.154. The molecule has 0 aromatic heterocycles. The molecule has 0 radical (unpaired) electrons. The first kappa shape index (κ1) is 11.9. The summed E-state index contributed by atoms with van der Waals surface area (Å²) in [6, 6.07) is 1.80. The number of nitrogens with two attached hydrogens (primary N) is 1. The lowest BCUT2D eigenvalue weighted by Crippen LogP contribution is -2.47. The van der Waals surface area contributed by atoms with Gasteiger partial charge in [-0.05, 0) is 38.6 Å². The fourth-order valence-electron chi connectivity index (χ4n) is 3.23. The summed E-state index contributed by atoms with van der Waals surface area (Å²) in [7, 11) is 1.70. The van der Waals surface area contributed by atoms with Gasteiger partial charge in [0.05, 0.1) is 0 Å². The van der Waals surface area contributed by atoms with Gasteiger partial charge in [-0.3, -0.25) is 9.69 Å². The van der Waals surface area contributed by atoms with Gasteiger partial charge in [0.15, 0.2) is 0 Å². The summed E-state index contributed by atoms with van der Waals surface area (Å²) in [6.45, 7) is 1.06. The molecule has 2 aliphatic rings. The number of fused-ring (bicyclic) bond motifs is 2. The van der Waals surface area contributed by atoms with E-state index in [9.17, 15) is 4.79 Å². The van der Waals surface area contributed by atoms with E-state index in [4.69, 9.17) is 5.73 Å². The number of hydrogen-bond donors (Lipinski definition) is 2. The second-order valence-electron chi connectivity index (χ2n) is 5.13. The maximum atomic E-state index is 11.1. The summed E-state index contributed by atoms with van der Waals surface area (Å²) >= 11 is 0. The van der Waals surface area contributed by atoms with Crippen LogP contribution in [0.1, 0.15) is 38.5 Å². The molecular weight excluding hydrogens is 202 g/mol. The molecule has 2 unspecified atom stereocenters. The van der Waals surface area contributed by atoms with E-state index in [-0.39, 0.29) is 5.91 Å². The van der Waals surface area contributed by atoms with E-state index in [0.717, 1.165) is 25.8 Å². The molecule has 1 amide bonds. The zero-order valence-electron chi connectivity index (χ0n) is 10.1. The smallest absolute Gasteiger partial charge is 0.219 e. The van der Waals surface area contributed by atoms with Crippen molar-refractivity contribution in [1.82, 2.24) is 10.2 Å². The summed E-state index contributed by atoms with van der Waals surface area (Å²) in [5.74, 6) is 0.154. The summed E-state index contributed by atoms with van der Waals surface area (Å²) in [4.78, 5) is 13.7. The van der Waals surface area contributed by atoms with Crippen molar-refractivity contribution >= 4 is 5.91 Å². The van der Waals surface area contributed by atoms with E-state index in [0.29, 0.717) is 24.5 Å². The summed E-state index contributed by atoms with van der Waals surface area (Å²) in [6.07, 6.45) is 6.53. The van der Waals surface area contributed by atoms with Crippen molar-refractivity contribution in [2.24, 2.45) is 5.73 Å². The van der Waals surface area contributed by atoms with Crippen molar-refractivity contribution in [3.63, 3.8) is 0 Å². The third kappa shape index (κ3) is 2.55. The first-order valence-corrected chi connectivity index (χ1v) is 6.42. The molecule has 2 saturated heterocycles. The molecule has 2 fully saturated rings. The largest absolute Gasteiger partial charge is 0.359 e. The number of nitrogens with zero attached hydrogens (tertiary/aromatic N) is 1. The summed E-state index contributed by atoms with van der Waals surface area (Å²) < 4.78 is 0. The number of carbonyl (C=O) groups excluding carboxylic acids is 1. The lowest BCUT2D eigenvalue weighted by molar-refractivity contribution is -0.120. The van der Waals surface area contributed by atoms with E-state index in [2.05, 4.69) is 10.2 Å². The van der Waals surface area contributed by atoms with Gasteiger partial charge in [-0.1, -0.05) is 0 Å². The Kier molecular flexibility index (Phi) is 3.82. The van der Waals surface area contributed by atoms with Gasteiger partial charge in [0.1, 0.15) is 0 Å². The Hall–Kier alpha value is -0.610. The predicted molar refractivity (Wildman–Crippen MR) is 64.0 cm³/mol. The zero-order chi connectivity index (χ0) is 11.5. The highest BCUT2D eigenvalue weighted by atomic mass is 16.1. The van der Waals surface area contributed by atoms with Gasteiger partial charge in [0, 0.05) is 31.6 Å². The third-order valence-corrected chi connectivity index (χ3v) is 4.02. The van der Waals surface area contributed by atoms with Crippen LogP contribution in [0.15, 0.2) is 0 Å². The monoisotopic (exact) mass is 225 g/mol. The van der Waals surface area contributed by atoms with Crippen LogP contribution in [0.3, 0.4) is 0 Å². The molecule has 4 heteroatoms. The maximum absolute atomic E-state index is 11.1. The Morgan fingerprint density at radius 3 is 2.56 bits per heavy atom. The summed E-state index contributed by atoms with van der Waals surface area (Å²) in [5.41, 5.74) is 6.03. The molecule has 2 bridgehead atoms. The van der Waals surface area contributed by atoms with Gasteiger partial charge in [0.25, 0.3) is 0 Å². The Morgan fingerprint density at radius 2 is 2.00 bits per heavy atom. The molecule has 0 saturated carbocycles. The molecule has 0 aliphatic carbocycles. The van der Waals surface area contributed by atoms with Crippen LogP contribution in [0.2, 0.25) is 0 Å². The first-order valence-electron chi connectivity index (χ1n) is 6.42. The minimum Gasteiger partial charge on any atom is -0.359 e. The Bertz CT molecular complexity index is 243. The molecule has 0 aromatic rings. The standard InChI is InChI=1S/C12H23N3O/c1-14-12(16)3-2-6-15-10-4-5-11(15)8-9(13)7-10/h9-11H,2-8,13H2,1H3,(H,14,16). The van der Waals surface area contributed by atoms with Crippen molar-refractivity contribution in [3.8, 4) is 0 Å². The molecule has 2 atom stereocenters. The van der Waals surface area contributed by atoms with Crippen molar-refractivity contribution in [3.05, 3.63) is 0 Å². The van der Waals surface area contributed by atoms with E-state index in [1.807, 2.05) is 0 Å². The van der Waals surface area contributed by atoms with Crippen molar-refractivity contribution in [1.29, 1.82) is 0 Å². The predicted octanol–water partition coefficient (Wildman–Crippen LogP) is 0.467. The zero-order valence-corrected chi connectivity index (χ0v) is 10.1. The van der Waals surface area contributed by atoms with Gasteiger partial charge in [-0.25, -0.2) is 0 Å². The Morgan fingerprint density at radius 1 is 1.38 bits per heavy atom. The van der Waals surface area contributed by atoms with Crippen molar-refractivity contribution in [2.45, 2.75) is 56.7 Å². The van der Waals surface area contributed by atoms with Gasteiger partial charge < -0.3 is 11.1 Å². The average molecular weight is 225 g/mol. The second kappa shape index (κ2) is 5.15. The van der Waals surface area contributed by atoms with Gasteiger partial charge in [-0.15, -0.1) is 0 Å². The Labute approximate surface area is 97.6 Å². The van der Waals surface area contributed by atoms with Crippen LogP contribution in [0.25, 0.3) is 0 Å². The van der Waals surface area contributed by atoms with Crippen LogP contribution in [0.4, 0.5) is 0 Å². The molecule has 16 heavy (non-hydrogen) atoms. The van der Waals surface area contributed by atoms with E-state index >= 15 is 0 Å². The van der Waals surface area contributed by atoms with Crippen molar-refractivity contribution < 1.29 is 4.79 Å². The molecule has 2 heterocycles. The van der Waals surface area contributed by atoms with Gasteiger partial charge >= 0.3 is 0 Å². The quantitative estimate of drug-likeness (QED) is 0.731.